The fraction of sp³-hybridized carbons (Fsp3) is 0.917. The van der Waals surface area contributed by atoms with Crippen LogP contribution in [0.15, 0.2) is 0 Å². The molecule has 2 aliphatic carbocycles. The number of nitrogens with two attached hydrogens (primary N) is 1. The number of carbonyl (C=O) groups excluding carboxylic acids is 1. The summed E-state index contributed by atoms with van der Waals surface area (Å²) >= 11 is 0. The fourth-order valence-corrected chi connectivity index (χ4v) is 2.61. The van der Waals surface area contributed by atoms with E-state index in [1.165, 1.54) is 6.42 Å². The van der Waals surface area contributed by atoms with Gasteiger partial charge in [-0.25, -0.2) is 0 Å². The molecule has 0 spiro atoms. The van der Waals surface area contributed by atoms with Crippen molar-refractivity contribution in [1.29, 1.82) is 0 Å². The van der Waals surface area contributed by atoms with Gasteiger partial charge in [0.15, 0.2) is 0 Å². The van der Waals surface area contributed by atoms with Gasteiger partial charge in [-0.2, -0.15) is 0 Å². The number of hydrogen-bond acceptors (Lipinski definition) is 3. The molecule has 0 saturated heterocycles. The Hall–Kier alpha value is -0.610. The molecule has 0 bridgehead atoms. The summed E-state index contributed by atoms with van der Waals surface area (Å²) in [6, 6.07) is 0.162. The molecule has 4 heteroatoms. The molecule has 0 aromatic rings. The summed E-state index contributed by atoms with van der Waals surface area (Å²) in [6.07, 6.45) is 6.18. The van der Waals surface area contributed by atoms with Crippen LogP contribution in [0.1, 0.15) is 38.5 Å². The van der Waals surface area contributed by atoms with Crippen molar-refractivity contribution in [3.63, 3.8) is 0 Å². The molecular formula is C12H22N2O2. The van der Waals surface area contributed by atoms with E-state index in [-0.39, 0.29) is 29.9 Å². The van der Waals surface area contributed by atoms with Gasteiger partial charge in [0, 0.05) is 25.1 Å². The highest BCUT2D eigenvalue weighted by Crippen LogP contribution is 2.45. The van der Waals surface area contributed by atoms with Crippen LogP contribution >= 0.6 is 0 Å². The predicted molar refractivity (Wildman–Crippen MR) is 61.7 cm³/mol. The van der Waals surface area contributed by atoms with Gasteiger partial charge in [-0.1, -0.05) is 12.8 Å². The van der Waals surface area contributed by atoms with Crippen molar-refractivity contribution in [3.8, 4) is 0 Å². The smallest absolute Gasteiger partial charge is 0.227 e. The summed E-state index contributed by atoms with van der Waals surface area (Å²) in [5, 5.41) is 12.4. The summed E-state index contributed by atoms with van der Waals surface area (Å²) in [4.78, 5) is 12.0. The number of aliphatic hydroxyl groups is 1. The minimum atomic E-state index is -0.266. The van der Waals surface area contributed by atoms with Gasteiger partial charge in [0.2, 0.25) is 5.91 Å². The summed E-state index contributed by atoms with van der Waals surface area (Å²) in [5.74, 6) is 0.353. The molecule has 0 radical (unpaired) electrons. The molecular weight excluding hydrogens is 204 g/mol. The van der Waals surface area contributed by atoms with Crippen LogP contribution < -0.4 is 11.1 Å². The lowest BCUT2D eigenvalue weighted by Gasteiger charge is -2.32. The molecule has 2 fully saturated rings. The van der Waals surface area contributed by atoms with E-state index in [0.29, 0.717) is 6.54 Å². The van der Waals surface area contributed by atoms with Gasteiger partial charge in [0.25, 0.3) is 0 Å². The highest BCUT2D eigenvalue weighted by atomic mass is 16.3. The maximum absolute atomic E-state index is 12.0. The molecule has 2 saturated carbocycles. The molecule has 0 aliphatic heterocycles. The fourth-order valence-electron chi connectivity index (χ4n) is 2.61. The molecule has 2 atom stereocenters. The average molecular weight is 226 g/mol. The normalized spacial score (nSPS) is 32.1. The zero-order valence-corrected chi connectivity index (χ0v) is 9.74. The van der Waals surface area contributed by atoms with E-state index in [9.17, 15) is 9.90 Å². The summed E-state index contributed by atoms with van der Waals surface area (Å²) < 4.78 is 0. The second-order valence-electron chi connectivity index (χ2n) is 5.29. The molecule has 1 amide bonds. The van der Waals surface area contributed by atoms with E-state index < -0.39 is 0 Å². The lowest BCUT2D eigenvalue weighted by molar-refractivity contribution is -0.127. The van der Waals surface area contributed by atoms with Crippen molar-refractivity contribution in [2.75, 3.05) is 13.2 Å². The van der Waals surface area contributed by atoms with Crippen molar-refractivity contribution in [3.05, 3.63) is 0 Å². The number of carbonyl (C=O) groups is 1. The van der Waals surface area contributed by atoms with E-state index in [1.54, 1.807) is 0 Å². The van der Waals surface area contributed by atoms with Gasteiger partial charge in [0.05, 0.1) is 5.41 Å². The molecule has 92 valence electrons. The molecule has 4 N–H and O–H groups in total. The molecule has 4 nitrogen and oxygen atoms in total. The second-order valence-corrected chi connectivity index (χ2v) is 5.29. The lowest BCUT2D eigenvalue weighted by Crippen LogP contribution is -2.47. The minimum absolute atomic E-state index is 0.111. The standard InChI is InChI=1S/C12H22N2O2/c13-8-12(5-6-12)11(16)14-10-4-2-1-3-9(10)7-15/h9-10,15H,1-8,13H2,(H,14,16). The molecule has 2 aliphatic rings. The Bertz CT molecular complexity index is 264. The van der Waals surface area contributed by atoms with Crippen LogP contribution in [0.5, 0.6) is 0 Å². The van der Waals surface area contributed by atoms with Crippen LogP contribution in [0.25, 0.3) is 0 Å². The van der Waals surface area contributed by atoms with Crippen LogP contribution in [-0.2, 0) is 4.79 Å². The van der Waals surface area contributed by atoms with Crippen LogP contribution in [0, 0.1) is 11.3 Å². The maximum Gasteiger partial charge on any atom is 0.227 e. The average Bonchev–Trinajstić information content (AvgIpc) is 3.10. The Labute approximate surface area is 96.6 Å². The monoisotopic (exact) mass is 226 g/mol. The summed E-state index contributed by atoms with van der Waals surface area (Å²) in [6.45, 7) is 0.635. The van der Waals surface area contributed by atoms with Gasteiger partial charge in [-0.05, 0) is 25.7 Å². The quantitative estimate of drug-likeness (QED) is 0.649. The maximum atomic E-state index is 12.0. The van der Waals surface area contributed by atoms with Crippen molar-refractivity contribution in [1.82, 2.24) is 5.32 Å². The Balaban J connectivity index is 1.90. The van der Waals surface area contributed by atoms with Gasteiger partial charge >= 0.3 is 0 Å². The van der Waals surface area contributed by atoms with Gasteiger partial charge in [0.1, 0.15) is 0 Å². The predicted octanol–water partition coefficient (Wildman–Crippen LogP) is 0.393. The first-order valence-corrected chi connectivity index (χ1v) is 6.34. The number of amides is 1. The van der Waals surface area contributed by atoms with E-state index >= 15 is 0 Å². The van der Waals surface area contributed by atoms with Crippen molar-refractivity contribution in [2.45, 2.75) is 44.6 Å². The van der Waals surface area contributed by atoms with Crippen LogP contribution in [0.2, 0.25) is 0 Å². The van der Waals surface area contributed by atoms with Gasteiger partial charge in [-0.15, -0.1) is 0 Å². The molecule has 16 heavy (non-hydrogen) atoms. The number of hydrogen-bond donors (Lipinski definition) is 3. The van der Waals surface area contributed by atoms with E-state index in [4.69, 9.17) is 5.73 Å². The summed E-state index contributed by atoms with van der Waals surface area (Å²) in [5.41, 5.74) is 5.37. The Morgan fingerprint density at radius 3 is 2.62 bits per heavy atom. The van der Waals surface area contributed by atoms with Crippen LogP contribution in [0.3, 0.4) is 0 Å². The first kappa shape index (κ1) is 11.9. The van der Waals surface area contributed by atoms with Gasteiger partial charge < -0.3 is 16.2 Å². The lowest BCUT2D eigenvalue weighted by atomic mass is 9.84. The second kappa shape index (κ2) is 4.72. The molecule has 0 aromatic heterocycles. The van der Waals surface area contributed by atoms with E-state index in [0.717, 1.165) is 32.1 Å². The highest BCUT2D eigenvalue weighted by molar-refractivity contribution is 5.85. The first-order chi connectivity index (χ1) is 7.72. The van der Waals surface area contributed by atoms with Crippen LogP contribution in [0.4, 0.5) is 0 Å². The van der Waals surface area contributed by atoms with E-state index in [2.05, 4.69) is 5.32 Å². The SMILES string of the molecule is NCC1(C(=O)NC2CCCCC2CO)CC1. The number of rotatable bonds is 4. The van der Waals surface area contributed by atoms with Crippen molar-refractivity contribution >= 4 is 5.91 Å². The molecule has 0 heterocycles. The summed E-state index contributed by atoms with van der Waals surface area (Å²) in [7, 11) is 0. The number of nitrogens with one attached hydrogen (secondary N) is 1. The first-order valence-electron chi connectivity index (χ1n) is 6.34. The zero-order valence-electron chi connectivity index (χ0n) is 9.74. The van der Waals surface area contributed by atoms with Crippen molar-refractivity contribution < 1.29 is 9.90 Å². The number of aliphatic hydroxyl groups excluding tert-OH is 1. The Morgan fingerprint density at radius 1 is 1.38 bits per heavy atom. The van der Waals surface area contributed by atoms with Gasteiger partial charge in [-0.3, -0.25) is 4.79 Å². The highest BCUT2D eigenvalue weighted by Gasteiger charge is 2.49. The third-order valence-corrected chi connectivity index (χ3v) is 4.19. The Kier molecular flexibility index (Phi) is 3.50. The zero-order chi connectivity index (χ0) is 11.6. The molecule has 2 unspecified atom stereocenters. The van der Waals surface area contributed by atoms with Crippen molar-refractivity contribution in [2.24, 2.45) is 17.1 Å². The third-order valence-electron chi connectivity index (χ3n) is 4.19. The Morgan fingerprint density at radius 2 is 2.06 bits per heavy atom. The third kappa shape index (κ3) is 2.23. The largest absolute Gasteiger partial charge is 0.396 e. The van der Waals surface area contributed by atoms with E-state index in [1.807, 2.05) is 0 Å². The topological polar surface area (TPSA) is 75.4 Å². The minimum Gasteiger partial charge on any atom is -0.396 e. The van der Waals surface area contributed by atoms with Crippen LogP contribution in [-0.4, -0.2) is 30.2 Å². The molecule has 2 rings (SSSR count). The molecule has 0 aromatic carbocycles.